The first-order valence-electron chi connectivity index (χ1n) is 7.78. The molecule has 0 atom stereocenters. The Bertz CT molecular complexity index is 664. The van der Waals surface area contributed by atoms with Crippen LogP contribution in [0.5, 0.6) is 5.75 Å². The lowest BCUT2D eigenvalue weighted by Gasteiger charge is -2.11. The van der Waals surface area contributed by atoms with Crippen LogP contribution >= 0.6 is 11.6 Å². The van der Waals surface area contributed by atoms with E-state index >= 15 is 0 Å². The first-order chi connectivity index (χ1) is 11.7. The number of halogens is 1. The predicted octanol–water partition coefficient (Wildman–Crippen LogP) is 3.81. The Kier molecular flexibility index (Phi) is 7.39. The number of benzene rings is 2. The van der Waals surface area contributed by atoms with Gasteiger partial charge in [0.05, 0.1) is 23.9 Å². The van der Waals surface area contributed by atoms with Crippen molar-refractivity contribution in [2.75, 3.05) is 37.0 Å². The Labute approximate surface area is 146 Å². The topological polar surface area (TPSA) is 59.6 Å². The number of rotatable bonds is 9. The van der Waals surface area contributed by atoms with Gasteiger partial charge in [0.25, 0.3) is 0 Å². The fraction of sp³-hybridized carbons (Fsp3) is 0.278. The number of para-hydroxylation sites is 1. The third-order valence-electron chi connectivity index (χ3n) is 3.14. The molecule has 5 nitrogen and oxygen atoms in total. The van der Waals surface area contributed by atoms with Crippen LogP contribution in [0.25, 0.3) is 0 Å². The zero-order chi connectivity index (χ0) is 17.2. The monoisotopic (exact) mass is 348 g/mol. The number of nitrogens with one attached hydrogen (secondary N) is 2. The molecule has 0 aliphatic carbocycles. The van der Waals surface area contributed by atoms with Gasteiger partial charge in [-0.05, 0) is 31.2 Å². The number of hydrogen-bond acceptors (Lipinski definition) is 4. The van der Waals surface area contributed by atoms with Crippen molar-refractivity contribution in [3.05, 3.63) is 53.6 Å². The summed E-state index contributed by atoms with van der Waals surface area (Å²) in [4.78, 5) is 12.0. The van der Waals surface area contributed by atoms with Crippen LogP contribution in [0.2, 0.25) is 5.02 Å². The molecule has 0 saturated heterocycles. The highest BCUT2D eigenvalue weighted by Gasteiger charge is 2.05. The lowest BCUT2D eigenvalue weighted by atomic mass is 10.3. The Morgan fingerprint density at radius 1 is 1.12 bits per heavy atom. The number of hydrogen-bond donors (Lipinski definition) is 2. The maximum Gasteiger partial charge on any atom is 0.243 e. The molecule has 2 aromatic carbocycles. The van der Waals surface area contributed by atoms with E-state index in [1.54, 1.807) is 12.1 Å². The Balaban J connectivity index is 1.81. The molecule has 0 radical (unpaired) electrons. The number of carbonyl (C=O) groups is 1. The highest BCUT2D eigenvalue weighted by atomic mass is 35.5. The summed E-state index contributed by atoms with van der Waals surface area (Å²) >= 11 is 6.02. The van der Waals surface area contributed by atoms with E-state index in [2.05, 4.69) is 10.6 Å². The molecule has 1 amide bonds. The van der Waals surface area contributed by atoms with E-state index in [1.165, 1.54) is 0 Å². The van der Waals surface area contributed by atoms with Gasteiger partial charge in [0, 0.05) is 18.4 Å². The molecule has 0 saturated carbocycles. The molecule has 0 unspecified atom stereocenters. The number of amides is 1. The minimum Gasteiger partial charge on any atom is -0.491 e. The second-order valence-corrected chi connectivity index (χ2v) is 5.36. The molecule has 2 rings (SSSR count). The number of carbonyl (C=O) groups excluding carboxylic acids is 1. The van der Waals surface area contributed by atoms with Crippen LogP contribution in [0.1, 0.15) is 6.92 Å². The molecule has 0 heterocycles. The van der Waals surface area contributed by atoms with Crippen molar-refractivity contribution in [2.24, 2.45) is 0 Å². The Hall–Kier alpha value is -2.24. The largest absolute Gasteiger partial charge is 0.491 e. The van der Waals surface area contributed by atoms with Gasteiger partial charge in [-0.2, -0.15) is 0 Å². The van der Waals surface area contributed by atoms with Crippen LogP contribution in [0.3, 0.4) is 0 Å². The lowest BCUT2D eigenvalue weighted by Crippen LogP contribution is -2.21. The van der Waals surface area contributed by atoms with Gasteiger partial charge in [0.1, 0.15) is 12.4 Å². The molecular formula is C18H21ClN2O3. The number of ether oxygens (including phenoxy) is 2. The van der Waals surface area contributed by atoms with Gasteiger partial charge in [-0.25, -0.2) is 0 Å². The van der Waals surface area contributed by atoms with Crippen LogP contribution < -0.4 is 15.4 Å². The molecule has 2 N–H and O–H groups in total. The van der Waals surface area contributed by atoms with Crippen LogP contribution in [-0.4, -0.2) is 32.3 Å². The highest BCUT2D eigenvalue weighted by molar-refractivity contribution is 6.33. The van der Waals surface area contributed by atoms with Crippen molar-refractivity contribution in [3.63, 3.8) is 0 Å². The molecule has 0 aliphatic heterocycles. The van der Waals surface area contributed by atoms with Gasteiger partial charge < -0.3 is 20.1 Å². The van der Waals surface area contributed by atoms with E-state index in [1.807, 2.05) is 43.3 Å². The van der Waals surface area contributed by atoms with Crippen molar-refractivity contribution in [3.8, 4) is 5.75 Å². The van der Waals surface area contributed by atoms with Gasteiger partial charge in [-0.1, -0.05) is 29.8 Å². The van der Waals surface area contributed by atoms with E-state index in [0.717, 1.165) is 11.4 Å². The van der Waals surface area contributed by atoms with Gasteiger partial charge in [-0.3, -0.25) is 4.79 Å². The average molecular weight is 349 g/mol. The summed E-state index contributed by atoms with van der Waals surface area (Å²) in [5.41, 5.74) is 1.40. The molecule has 0 spiro atoms. The molecular weight excluding hydrogens is 328 g/mol. The lowest BCUT2D eigenvalue weighted by molar-refractivity contribution is -0.114. The Morgan fingerprint density at radius 2 is 1.96 bits per heavy atom. The summed E-state index contributed by atoms with van der Waals surface area (Å²) in [7, 11) is 0. The quantitative estimate of drug-likeness (QED) is 0.677. The SMILES string of the molecule is CCOCCOc1cccc(NCC(=O)Nc2ccccc2Cl)c1. The molecule has 0 bridgehead atoms. The van der Waals surface area contributed by atoms with E-state index in [0.29, 0.717) is 30.5 Å². The molecule has 6 heteroatoms. The van der Waals surface area contributed by atoms with Crippen molar-refractivity contribution in [1.82, 2.24) is 0 Å². The summed E-state index contributed by atoms with van der Waals surface area (Å²) in [5.74, 6) is 0.553. The smallest absolute Gasteiger partial charge is 0.243 e. The van der Waals surface area contributed by atoms with Crippen LogP contribution in [-0.2, 0) is 9.53 Å². The van der Waals surface area contributed by atoms with Crippen molar-refractivity contribution in [2.45, 2.75) is 6.92 Å². The van der Waals surface area contributed by atoms with E-state index < -0.39 is 0 Å². The summed E-state index contributed by atoms with van der Waals surface area (Å²) < 4.78 is 10.8. The average Bonchev–Trinajstić information content (AvgIpc) is 2.59. The maximum absolute atomic E-state index is 12.0. The van der Waals surface area contributed by atoms with E-state index in [-0.39, 0.29) is 12.5 Å². The van der Waals surface area contributed by atoms with Gasteiger partial charge in [0.2, 0.25) is 5.91 Å². The number of anilines is 2. The molecule has 24 heavy (non-hydrogen) atoms. The van der Waals surface area contributed by atoms with Gasteiger partial charge in [0.15, 0.2) is 0 Å². The molecule has 0 fully saturated rings. The first-order valence-corrected chi connectivity index (χ1v) is 8.15. The van der Waals surface area contributed by atoms with Crippen LogP contribution in [0.4, 0.5) is 11.4 Å². The van der Waals surface area contributed by atoms with E-state index in [4.69, 9.17) is 21.1 Å². The first kappa shape index (κ1) is 18.1. The fourth-order valence-corrected chi connectivity index (χ4v) is 2.18. The third kappa shape index (κ3) is 6.10. The summed E-state index contributed by atoms with van der Waals surface area (Å²) in [6.07, 6.45) is 0. The maximum atomic E-state index is 12.0. The standard InChI is InChI=1S/C18H21ClN2O3/c1-2-23-10-11-24-15-7-5-6-14(12-15)20-13-18(22)21-17-9-4-3-8-16(17)19/h3-9,12,20H,2,10-11,13H2,1H3,(H,21,22). The minimum atomic E-state index is -0.175. The van der Waals surface area contributed by atoms with Crippen molar-refractivity contribution >= 4 is 28.9 Å². The van der Waals surface area contributed by atoms with E-state index in [9.17, 15) is 4.79 Å². The normalized spacial score (nSPS) is 10.2. The molecule has 128 valence electrons. The summed E-state index contributed by atoms with van der Waals surface area (Å²) in [5, 5.41) is 6.33. The molecule has 2 aromatic rings. The second kappa shape index (κ2) is 9.80. The summed E-state index contributed by atoms with van der Waals surface area (Å²) in [6, 6.07) is 14.6. The minimum absolute atomic E-state index is 0.133. The zero-order valence-corrected chi connectivity index (χ0v) is 14.3. The fourth-order valence-electron chi connectivity index (χ4n) is 2.00. The molecule has 0 aromatic heterocycles. The zero-order valence-electron chi connectivity index (χ0n) is 13.5. The Morgan fingerprint density at radius 3 is 2.75 bits per heavy atom. The second-order valence-electron chi connectivity index (χ2n) is 4.95. The van der Waals surface area contributed by atoms with Crippen molar-refractivity contribution < 1.29 is 14.3 Å². The van der Waals surface area contributed by atoms with Crippen molar-refractivity contribution in [1.29, 1.82) is 0 Å². The van der Waals surface area contributed by atoms with Gasteiger partial charge >= 0.3 is 0 Å². The predicted molar refractivity (Wildman–Crippen MR) is 97.0 cm³/mol. The third-order valence-corrected chi connectivity index (χ3v) is 3.47. The van der Waals surface area contributed by atoms with Gasteiger partial charge in [-0.15, -0.1) is 0 Å². The van der Waals surface area contributed by atoms with Crippen LogP contribution in [0.15, 0.2) is 48.5 Å². The molecule has 0 aliphatic rings. The van der Waals surface area contributed by atoms with Crippen LogP contribution in [0, 0.1) is 0 Å². The highest BCUT2D eigenvalue weighted by Crippen LogP contribution is 2.20. The summed E-state index contributed by atoms with van der Waals surface area (Å²) in [6.45, 7) is 3.79.